The molecule has 25 heavy (non-hydrogen) atoms. The summed E-state index contributed by atoms with van der Waals surface area (Å²) in [5.74, 6) is 3.03. The van der Waals surface area contributed by atoms with Crippen LogP contribution in [0, 0.1) is 11.3 Å². The van der Waals surface area contributed by atoms with Crippen LogP contribution in [-0.2, 0) is 6.42 Å². The second-order valence-corrected chi connectivity index (χ2v) is 8.44. The Morgan fingerprint density at radius 3 is 2.56 bits per heavy atom. The van der Waals surface area contributed by atoms with Crippen LogP contribution in [0.15, 0.2) is 4.99 Å². The van der Waals surface area contributed by atoms with Crippen molar-refractivity contribution in [3.8, 4) is 0 Å². The fraction of sp³-hybridized carbons (Fsp3) is 0.833. The minimum absolute atomic E-state index is 0.584. The van der Waals surface area contributed by atoms with Gasteiger partial charge in [0.15, 0.2) is 5.96 Å². The molecule has 2 saturated carbocycles. The first-order valence-electron chi connectivity index (χ1n) is 9.77. The number of aliphatic imine (C=N–C) groups is 1. The Morgan fingerprint density at radius 2 is 2.04 bits per heavy atom. The summed E-state index contributed by atoms with van der Waals surface area (Å²) in [5.41, 5.74) is 0.584. The first-order chi connectivity index (χ1) is 12.2. The predicted molar refractivity (Wildman–Crippen MR) is 103 cm³/mol. The van der Waals surface area contributed by atoms with Crippen LogP contribution in [0.25, 0.3) is 0 Å². The molecule has 0 unspecified atom stereocenters. The first-order valence-corrected chi connectivity index (χ1v) is 10.5. The molecule has 2 aliphatic carbocycles. The third-order valence-electron chi connectivity index (χ3n) is 6.23. The number of nitrogens with one attached hydrogen (secondary N) is 1. The number of guanidine groups is 1. The van der Waals surface area contributed by atoms with Crippen LogP contribution in [0.3, 0.4) is 0 Å². The summed E-state index contributed by atoms with van der Waals surface area (Å²) >= 11 is 1.53. The summed E-state index contributed by atoms with van der Waals surface area (Å²) in [6.07, 6.45) is 8.03. The molecule has 1 N–H and O–H groups in total. The van der Waals surface area contributed by atoms with E-state index in [-0.39, 0.29) is 0 Å². The molecule has 0 amide bonds. The molecule has 0 bridgehead atoms. The Morgan fingerprint density at radius 1 is 1.28 bits per heavy atom. The Bertz CT molecular complexity index is 611. The summed E-state index contributed by atoms with van der Waals surface area (Å²) in [6.45, 7) is 7.20. The highest BCUT2D eigenvalue weighted by Gasteiger charge is 2.48. The lowest BCUT2D eigenvalue weighted by molar-refractivity contribution is 0.104. The van der Waals surface area contributed by atoms with Gasteiger partial charge in [-0.2, -0.15) is 4.37 Å². The van der Waals surface area contributed by atoms with Gasteiger partial charge >= 0.3 is 0 Å². The minimum Gasteiger partial charge on any atom is -0.356 e. The van der Waals surface area contributed by atoms with Crippen LogP contribution in [0.5, 0.6) is 0 Å². The first kappa shape index (κ1) is 17.1. The van der Waals surface area contributed by atoms with E-state index in [9.17, 15) is 0 Å². The van der Waals surface area contributed by atoms with Gasteiger partial charge in [0.05, 0.1) is 0 Å². The Balaban J connectivity index is 1.29. The minimum atomic E-state index is 0.584. The van der Waals surface area contributed by atoms with E-state index in [0.717, 1.165) is 62.0 Å². The topological polar surface area (TPSA) is 56.7 Å². The molecular weight excluding hydrogens is 332 g/mol. The lowest BCUT2D eigenvalue weighted by Crippen LogP contribution is -2.54. The number of anilines is 1. The van der Waals surface area contributed by atoms with Gasteiger partial charge in [-0.3, -0.25) is 4.99 Å². The molecule has 1 aromatic rings. The highest BCUT2D eigenvalue weighted by Crippen LogP contribution is 2.56. The van der Waals surface area contributed by atoms with E-state index >= 15 is 0 Å². The fourth-order valence-electron chi connectivity index (χ4n) is 4.27. The van der Waals surface area contributed by atoms with E-state index in [1.54, 1.807) is 0 Å². The fourth-order valence-corrected chi connectivity index (χ4v) is 5.07. The molecule has 3 fully saturated rings. The molecule has 2 heterocycles. The number of hydrogen-bond acceptors (Lipinski definition) is 5. The normalized spacial score (nSPS) is 23.5. The van der Waals surface area contributed by atoms with Gasteiger partial charge in [-0.15, -0.1) is 0 Å². The lowest BCUT2D eigenvalue weighted by atomic mass is 9.65. The number of aromatic nitrogens is 2. The smallest absolute Gasteiger partial charge is 0.205 e. The third-order valence-corrected chi connectivity index (χ3v) is 7.04. The molecule has 1 aliphatic heterocycles. The van der Waals surface area contributed by atoms with Gasteiger partial charge < -0.3 is 15.1 Å². The van der Waals surface area contributed by atoms with Crippen molar-refractivity contribution in [3.63, 3.8) is 0 Å². The predicted octanol–water partition coefficient (Wildman–Crippen LogP) is 2.38. The van der Waals surface area contributed by atoms with E-state index in [1.165, 1.54) is 43.6 Å². The van der Waals surface area contributed by atoms with Gasteiger partial charge in [0, 0.05) is 57.7 Å². The molecule has 0 atom stereocenters. The second-order valence-electron chi connectivity index (χ2n) is 7.71. The second kappa shape index (κ2) is 7.09. The molecular formula is C18H30N6S. The number of piperazine rings is 1. The van der Waals surface area contributed by atoms with Gasteiger partial charge in [0.2, 0.25) is 5.13 Å². The zero-order valence-corrected chi connectivity index (χ0v) is 16.3. The van der Waals surface area contributed by atoms with Gasteiger partial charge in [-0.25, -0.2) is 4.98 Å². The van der Waals surface area contributed by atoms with Gasteiger partial charge in [0.25, 0.3) is 0 Å². The molecule has 1 aromatic heterocycles. The molecule has 3 aliphatic rings. The molecule has 138 valence electrons. The van der Waals surface area contributed by atoms with Crippen LogP contribution in [-0.4, -0.2) is 60.0 Å². The van der Waals surface area contributed by atoms with Crippen LogP contribution in [0.1, 0.15) is 44.9 Å². The van der Waals surface area contributed by atoms with E-state index in [2.05, 4.69) is 36.4 Å². The van der Waals surface area contributed by atoms with Crippen LogP contribution >= 0.6 is 11.5 Å². The maximum absolute atomic E-state index is 4.63. The Labute approximate surface area is 154 Å². The number of aryl methyl sites for hydroxylation is 1. The van der Waals surface area contributed by atoms with Crippen molar-refractivity contribution in [2.75, 3.05) is 44.7 Å². The summed E-state index contributed by atoms with van der Waals surface area (Å²) in [7, 11) is 1.91. The average Bonchev–Trinajstić information content (AvgIpc) is 3.34. The van der Waals surface area contributed by atoms with Gasteiger partial charge in [-0.1, -0.05) is 13.3 Å². The third kappa shape index (κ3) is 3.48. The number of rotatable bonds is 5. The van der Waals surface area contributed by atoms with Crippen LogP contribution in [0.2, 0.25) is 0 Å². The SMILES string of the molecule is CCc1nsc(N2CCN(C(=NC)NCC3(C4CC4)CCC3)CC2)n1. The molecule has 0 spiro atoms. The highest BCUT2D eigenvalue weighted by molar-refractivity contribution is 7.09. The summed E-state index contributed by atoms with van der Waals surface area (Å²) < 4.78 is 4.41. The largest absolute Gasteiger partial charge is 0.356 e. The van der Waals surface area contributed by atoms with Gasteiger partial charge in [0.1, 0.15) is 5.82 Å². The van der Waals surface area contributed by atoms with Crippen LogP contribution < -0.4 is 10.2 Å². The van der Waals surface area contributed by atoms with Crippen molar-refractivity contribution in [1.82, 2.24) is 19.6 Å². The monoisotopic (exact) mass is 362 g/mol. The van der Waals surface area contributed by atoms with Crippen molar-refractivity contribution in [2.24, 2.45) is 16.3 Å². The maximum atomic E-state index is 4.63. The van der Waals surface area contributed by atoms with Crippen molar-refractivity contribution >= 4 is 22.6 Å². The van der Waals surface area contributed by atoms with Crippen molar-refractivity contribution in [2.45, 2.75) is 45.4 Å². The van der Waals surface area contributed by atoms with E-state index < -0.39 is 0 Å². The summed E-state index contributed by atoms with van der Waals surface area (Å²) in [4.78, 5) is 13.9. The molecule has 6 nitrogen and oxygen atoms in total. The molecule has 0 radical (unpaired) electrons. The molecule has 0 aromatic carbocycles. The maximum Gasteiger partial charge on any atom is 0.205 e. The molecule has 1 saturated heterocycles. The Kier molecular flexibility index (Phi) is 4.84. The quantitative estimate of drug-likeness (QED) is 0.644. The summed E-state index contributed by atoms with van der Waals surface area (Å²) in [5, 5.41) is 4.77. The lowest BCUT2D eigenvalue weighted by Gasteiger charge is -2.44. The van der Waals surface area contributed by atoms with Crippen LogP contribution in [0.4, 0.5) is 5.13 Å². The van der Waals surface area contributed by atoms with E-state index in [4.69, 9.17) is 0 Å². The zero-order chi connectivity index (χ0) is 17.3. The Hall–Kier alpha value is -1.37. The number of nitrogens with zero attached hydrogens (tertiary/aromatic N) is 5. The zero-order valence-electron chi connectivity index (χ0n) is 15.5. The van der Waals surface area contributed by atoms with E-state index in [1.807, 2.05) is 7.05 Å². The molecule has 4 rings (SSSR count). The standard InChI is InChI=1S/C18H30N6S/c1-3-15-21-17(25-22-15)24-11-9-23(10-12-24)16(19-2)20-13-18(7-4-8-18)14-5-6-14/h14H,3-13H2,1-2H3,(H,19,20). The van der Waals surface area contributed by atoms with Crippen molar-refractivity contribution in [3.05, 3.63) is 5.82 Å². The van der Waals surface area contributed by atoms with Gasteiger partial charge in [-0.05, 0) is 37.0 Å². The van der Waals surface area contributed by atoms with Crippen molar-refractivity contribution in [1.29, 1.82) is 0 Å². The average molecular weight is 363 g/mol. The summed E-state index contributed by atoms with van der Waals surface area (Å²) in [6, 6.07) is 0. The number of hydrogen-bond donors (Lipinski definition) is 1. The highest BCUT2D eigenvalue weighted by atomic mass is 32.1. The van der Waals surface area contributed by atoms with Crippen molar-refractivity contribution < 1.29 is 0 Å². The van der Waals surface area contributed by atoms with E-state index in [0.29, 0.717) is 5.41 Å². The molecule has 7 heteroatoms.